The van der Waals surface area contributed by atoms with E-state index in [0.29, 0.717) is 5.02 Å². The number of rotatable bonds is 2. The highest BCUT2D eigenvalue weighted by molar-refractivity contribution is 6.30. The number of ether oxygens (including phenoxy) is 1. The number of fused-ring (bicyclic) bond motifs is 1. The van der Waals surface area contributed by atoms with Crippen LogP contribution in [0.15, 0.2) is 48.8 Å². The summed E-state index contributed by atoms with van der Waals surface area (Å²) in [6.45, 7) is 0. The largest absolute Gasteiger partial charge is 0.497 e. The molecule has 0 N–H and O–H groups in total. The molecule has 0 saturated heterocycles. The van der Waals surface area contributed by atoms with Gasteiger partial charge >= 0.3 is 0 Å². The highest BCUT2D eigenvalue weighted by Crippen LogP contribution is 2.23. The van der Waals surface area contributed by atoms with Crippen LogP contribution in [0, 0.1) is 0 Å². The maximum atomic E-state index is 5.94. The number of pyridine rings is 1. The van der Waals surface area contributed by atoms with Crippen molar-refractivity contribution in [2.75, 3.05) is 7.11 Å². The van der Waals surface area contributed by atoms with Gasteiger partial charge in [0, 0.05) is 29.0 Å². The van der Waals surface area contributed by atoms with Crippen molar-refractivity contribution in [2.24, 2.45) is 0 Å². The summed E-state index contributed by atoms with van der Waals surface area (Å²) >= 11 is 5.94. The molecule has 0 fully saturated rings. The lowest BCUT2D eigenvalue weighted by Crippen LogP contribution is -1.82. The Balaban J connectivity index is 2.07. The van der Waals surface area contributed by atoms with Gasteiger partial charge in [-0.25, -0.2) is 4.98 Å². The van der Waals surface area contributed by atoms with Gasteiger partial charge in [-0.3, -0.25) is 0 Å². The Morgan fingerprint density at radius 3 is 2.67 bits per heavy atom. The molecule has 0 spiro atoms. The van der Waals surface area contributed by atoms with Crippen LogP contribution >= 0.6 is 11.6 Å². The van der Waals surface area contributed by atoms with Crippen LogP contribution in [-0.4, -0.2) is 16.5 Å². The molecule has 18 heavy (non-hydrogen) atoms. The van der Waals surface area contributed by atoms with E-state index in [2.05, 4.69) is 4.98 Å². The average molecular weight is 259 g/mol. The zero-order chi connectivity index (χ0) is 12.5. The molecule has 0 radical (unpaired) electrons. The fourth-order valence-corrected chi connectivity index (χ4v) is 2.01. The third kappa shape index (κ3) is 1.93. The van der Waals surface area contributed by atoms with E-state index in [4.69, 9.17) is 16.3 Å². The van der Waals surface area contributed by atoms with Gasteiger partial charge in [0.25, 0.3) is 0 Å². The predicted octanol–water partition coefficient (Wildman–Crippen LogP) is 3.66. The van der Waals surface area contributed by atoms with E-state index >= 15 is 0 Å². The topological polar surface area (TPSA) is 26.5 Å². The first-order valence-corrected chi connectivity index (χ1v) is 5.93. The van der Waals surface area contributed by atoms with Gasteiger partial charge in [0.05, 0.1) is 12.8 Å². The first-order chi connectivity index (χ1) is 8.76. The van der Waals surface area contributed by atoms with Crippen LogP contribution in [0.25, 0.3) is 16.9 Å². The quantitative estimate of drug-likeness (QED) is 0.701. The summed E-state index contributed by atoms with van der Waals surface area (Å²) < 4.78 is 7.09. The first-order valence-electron chi connectivity index (χ1n) is 5.55. The molecule has 0 atom stereocenters. The Bertz CT molecular complexity index is 689. The van der Waals surface area contributed by atoms with Crippen molar-refractivity contribution in [3.8, 4) is 17.0 Å². The predicted molar refractivity (Wildman–Crippen MR) is 72.2 cm³/mol. The van der Waals surface area contributed by atoms with Crippen molar-refractivity contribution < 1.29 is 4.74 Å². The molecule has 2 heterocycles. The number of benzene rings is 1. The van der Waals surface area contributed by atoms with Crippen molar-refractivity contribution in [1.82, 2.24) is 9.38 Å². The molecule has 3 aromatic rings. The molecule has 0 aliphatic rings. The third-order valence-corrected chi connectivity index (χ3v) is 3.04. The maximum absolute atomic E-state index is 5.94. The van der Waals surface area contributed by atoms with Gasteiger partial charge in [0.1, 0.15) is 11.4 Å². The number of hydrogen-bond donors (Lipinski definition) is 0. The van der Waals surface area contributed by atoms with Gasteiger partial charge < -0.3 is 9.14 Å². The molecule has 4 heteroatoms. The smallest absolute Gasteiger partial charge is 0.138 e. The van der Waals surface area contributed by atoms with Gasteiger partial charge in [0.15, 0.2) is 0 Å². The number of hydrogen-bond acceptors (Lipinski definition) is 2. The van der Waals surface area contributed by atoms with E-state index < -0.39 is 0 Å². The molecule has 0 aliphatic carbocycles. The molecule has 2 aromatic heterocycles. The second-order valence-electron chi connectivity index (χ2n) is 3.97. The van der Waals surface area contributed by atoms with Crippen LogP contribution in [0.1, 0.15) is 0 Å². The number of aromatic nitrogens is 2. The maximum Gasteiger partial charge on any atom is 0.138 e. The van der Waals surface area contributed by atoms with Gasteiger partial charge in [-0.2, -0.15) is 0 Å². The van der Waals surface area contributed by atoms with Crippen LogP contribution in [0.3, 0.4) is 0 Å². The molecule has 0 saturated carbocycles. The van der Waals surface area contributed by atoms with Crippen LogP contribution in [-0.2, 0) is 0 Å². The second kappa shape index (κ2) is 4.35. The van der Waals surface area contributed by atoms with E-state index in [1.165, 1.54) is 0 Å². The lowest BCUT2D eigenvalue weighted by Gasteiger charge is -1.99. The standard InChI is InChI=1S/C14H11ClN2O/c1-18-12-4-2-10(3-5-12)13-9-17-7-6-11(15)8-14(17)16-13/h2-9H,1H3. The molecular weight excluding hydrogens is 248 g/mol. The zero-order valence-electron chi connectivity index (χ0n) is 9.80. The van der Waals surface area contributed by atoms with E-state index in [0.717, 1.165) is 22.7 Å². The van der Waals surface area contributed by atoms with E-state index in [1.807, 2.05) is 53.2 Å². The average Bonchev–Trinajstić information content (AvgIpc) is 2.81. The molecule has 3 nitrogen and oxygen atoms in total. The Labute approximate surface area is 110 Å². The number of imidazole rings is 1. The van der Waals surface area contributed by atoms with Crippen LogP contribution < -0.4 is 4.74 Å². The monoisotopic (exact) mass is 258 g/mol. The van der Waals surface area contributed by atoms with Crippen molar-refractivity contribution >= 4 is 17.2 Å². The summed E-state index contributed by atoms with van der Waals surface area (Å²) in [7, 11) is 1.65. The Morgan fingerprint density at radius 1 is 1.17 bits per heavy atom. The normalized spacial score (nSPS) is 10.8. The second-order valence-corrected chi connectivity index (χ2v) is 4.40. The molecule has 1 aromatic carbocycles. The first kappa shape index (κ1) is 11.1. The molecule has 90 valence electrons. The number of nitrogens with zero attached hydrogens (tertiary/aromatic N) is 2. The molecule has 0 bridgehead atoms. The summed E-state index contributed by atoms with van der Waals surface area (Å²) in [5, 5.41) is 0.689. The summed E-state index contributed by atoms with van der Waals surface area (Å²) in [6, 6.07) is 11.5. The number of methoxy groups -OCH3 is 1. The van der Waals surface area contributed by atoms with Gasteiger partial charge in [-0.05, 0) is 30.3 Å². The van der Waals surface area contributed by atoms with E-state index in [1.54, 1.807) is 7.11 Å². The summed E-state index contributed by atoms with van der Waals surface area (Å²) in [5.41, 5.74) is 2.81. The van der Waals surface area contributed by atoms with E-state index in [-0.39, 0.29) is 0 Å². The third-order valence-electron chi connectivity index (χ3n) is 2.81. The summed E-state index contributed by atoms with van der Waals surface area (Å²) in [6.07, 6.45) is 3.88. The Hall–Kier alpha value is -2.00. The van der Waals surface area contributed by atoms with Crippen molar-refractivity contribution in [3.63, 3.8) is 0 Å². The van der Waals surface area contributed by atoms with Crippen LogP contribution in [0.5, 0.6) is 5.75 Å². The highest BCUT2D eigenvalue weighted by atomic mass is 35.5. The van der Waals surface area contributed by atoms with Crippen molar-refractivity contribution in [3.05, 3.63) is 53.8 Å². The fraction of sp³-hybridized carbons (Fsp3) is 0.0714. The number of halogens is 1. The lowest BCUT2D eigenvalue weighted by molar-refractivity contribution is 0.415. The van der Waals surface area contributed by atoms with Gasteiger partial charge in [-0.15, -0.1) is 0 Å². The van der Waals surface area contributed by atoms with E-state index in [9.17, 15) is 0 Å². The molecular formula is C14H11ClN2O. The highest BCUT2D eigenvalue weighted by Gasteiger charge is 2.04. The lowest BCUT2D eigenvalue weighted by atomic mass is 10.2. The molecule has 0 amide bonds. The minimum Gasteiger partial charge on any atom is -0.497 e. The van der Waals surface area contributed by atoms with Gasteiger partial charge in [-0.1, -0.05) is 11.6 Å². The minimum atomic E-state index is 0.689. The van der Waals surface area contributed by atoms with Crippen molar-refractivity contribution in [1.29, 1.82) is 0 Å². The zero-order valence-corrected chi connectivity index (χ0v) is 10.6. The van der Waals surface area contributed by atoms with Crippen LogP contribution in [0.4, 0.5) is 0 Å². The SMILES string of the molecule is COc1ccc(-c2cn3ccc(Cl)cc3n2)cc1. The Morgan fingerprint density at radius 2 is 1.94 bits per heavy atom. The molecule has 3 rings (SSSR count). The molecule has 0 aliphatic heterocycles. The van der Waals surface area contributed by atoms with Crippen LogP contribution in [0.2, 0.25) is 5.02 Å². The van der Waals surface area contributed by atoms with Crippen molar-refractivity contribution in [2.45, 2.75) is 0 Å². The van der Waals surface area contributed by atoms with Gasteiger partial charge in [0.2, 0.25) is 0 Å². The summed E-state index contributed by atoms with van der Waals surface area (Å²) in [4.78, 5) is 4.54. The minimum absolute atomic E-state index is 0.689. The fourth-order valence-electron chi connectivity index (χ4n) is 1.86. The summed E-state index contributed by atoms with van der Waals surface area (Å²) in [5.74, 6) is 0.838. The molecule has 0 unspecified atom stereocenters. The Kier molecular flexibility index (Phi) is 2.68.